The summed E-state index contributed by atoms with van der Waals surface area (Å²) in [6, 6.07) is 9.00. The average molecular weight is 373 g/mol. The number of carbonyl (C=O) groups is 1. The minimum Gasteiger partial charge on any atom is -0.308 e. The molecule has 0 bridgehead atoms. The number of benzene rings is 2. The Hall–Kier alpha value is -2.02. The molecule has 0 saturated heterocycles. The Kier molecular flexibility index (Phi) is 4.75. The molecule has 7 heteroatoms. The highest BCUT2D eigenvalue weighted by atomic mass is 79.9. The minimum absolute atomic E-state index is 0.275. The Balaban J connectivity index is 2.01. The van der Waals surface area contributed by atoms with Crippen LogP contribution < -0.4 is 10.6 Å². The Bertz CT molecular complexity index is 684. The fourth-order valence-corrected chi connectivity index (χ4v) is 2.09. The molecule has 0 unspecified atom stereocenters. The predicted octanol–water partition coefficient (Wildman–Crippen LogP) is 5.42. The zero-order chi connectivity index (χ0) is 16.3. The molecule has 0 saturated carbocycles. The van der Waals surface area contributed by atoms with Gasteiger partial charge in [0.1, 0.15) is 0 Å². The Morgan fingerprint density at radius 2 is 1.55 bits per heavy atom. The van der Waals surface area contributed by atoms with Crippen LogP contribution in [0, 0.1) is 6.92 Å². The number of aryl methyl sites for hydroxylation is 1. The van der Waals surface area contributed by atoms with E-state index in [2.05, 4.69) is 26.6 Å². The van der Waals surface area contributed by atoms with Crippen LogP contribution in [0.25, 0.3) is 0 Å². The molecule has 2 amide bonds. The molecular weight excluding hydrogens is 361 g/mol. The molecular formula is C15H12BrF3N2O. The number of urea groups is 1. The number of hydrogen-bond acceptors (Lipinski definition) is 1. The number of carbonyl (C=O) groups excluding carboxylic acids is 1. The molecule has 0 aliphatic carbocycles. The summed E-state index contributed by atoms with van der Waals surface area (Å²) in [5.41, 5.74) is 1.10. The van der Waals surface area contributed by atoms with Crippen molar-refractivity contribution in [3.63, 3.8) is 0 Å². The fraction of sp³-hybridized carbons (Fsp3) is 0.133. The van der Waals surface area contributed by atoms with Crippen LogP contribution in [0.4, 0.5) is 29.3 Å². The van der Waals surface area contributed by atoms with Gasteiger partial charge in [0.2, 0.25) is 0 Å². The van der Waals surface area contributed by atoms with Gasteiger partial charge in [0.25, 0.3) is 0 Å². The first kappa shape index (κ1) is 16.4. The summed E-state index contributed by atoms with van der Waals surface area (Å²) in [6.45, 7) is 1.91. The van der Waals surface area contributed by atoms with Gasteiger partial charge >= 0.3 is 12.2 Å². The third-order valence-electron chi connectivity index (χ3n) is 2.90. The molecule has 0 aromatic heterocycles. The Morgan fingerprint density at radius 1 is 1.00 bits per heavy atom. The van der Waals surface area contributed by atoms with Gasteiger partial charge in [-0.1, -0.05) is 22.0 Å². The van der Waals surface area contributed by atoms with Gasteiger partial charge in [-0.25, -0.2) is 4.79 Å². The van der Waals surface area contributed by atoms with Gasteiger partial charge in [-0.3, -0.25) is 0 Å². The standard InChI is InChI=1S/C15H12BrF3N2O/c1-9-2-5-12(8-13(9)16)21-14(22)20-11-6-3-10(4-7-11)15(17,18)19/h2-8H,1H3,(H2,20,21,22). The zero-order valence-corrected chi connectivity index (χ0v) is 13.0. The van der Waals surface area contributed by atoms with E-state index in [1.807, 2.05) is 13.0 Å². The van der Waals surface area contributed by atoms with Crippen molar-refractivity contribution < 1.29 is 18.0 Å². The van der Waals surface area contributed by atoms with Gasteiger partial charge in [-0.2, -0.15) is 13.2 Å². The van der Waals surface area contributed by atoms with Crippen molar-refractivity contribution in [2.45, 2.75) is 13.1 Å². The first-order valence-corrected chi connectivity index (χ1v) is 7.06. The largest absolute Gasteiger partial charge is 0.416 e. The number of hydrogen-bond donors (Lipinski definition) is 2. The maximum Gasteiger partial charge on any atom is 0.416 e. The van der Waals surface area contributed by atoms with Crippen LogP contribution >= 0.6 is 15.9 Å². The van der Waals surface area contributed by atoms with Gasteiger partial charge < -0.3 is 10.6 Å². The lowest BCUT2D eigenvalue weighted by Crippen LogP contribution is -2.19. The molecule has 0 atom stereocenters. The second kappa shape index (κ2) is 6.39. The van der Waals surface area contributed by atoms with E-state index < -0.39 is 17.8 Å². The third kappa shape index (κ3) is 4.24. The smallest absolute Gasteiger partial charge is 0.308 e. The summed E-state index contributed by atoms with van der Waals surface area (Å²) in [7, 11) is 0. The van der Waals surface area contributed by atoms with Crippen molar-refractivity contribution in [3.05, 3.63) is 58.1 Å². The lowest BCUT2D eigenvalue weighted by Gasteiger charge is -2.10. The molecule has 0 aliphatic heterocycles. The van der Waals surface area contributed by atoms with Gasteiger partial charge in [-0.15, -0.1) is 0 Å². The molecule has 116 valence electrons. The predicted molar refractivity (Wildman–Crippen MR) is 83.0 cm³/mol. The summed E-state index contributed by atoms with van der Waals surface area (Å²) < 4.78 is 38.2. The van der Waals surface area contributed by atoms with Crippen LogP contribution in [0.15, 0.2) is 46.9 Å². The van der Waals surface area contributed by atoms with Crippen molar-refractivity contribution in [2.75, 3.05) is 10.6 Å². The van der Waals surface area contributed by atoms with Gasteiger partial charge in [0.15, 0.2) is 0 Å². The van der Waals surface area contributed by atoms with E-state index in [9.17, 15) is 18.0 Å². The minimum atomic E-state index is -4.39. The highest BCUT2D eigenvalue weighted by Gasteiger charge is 2.29. The second-order valence-corrected chi connectivity index (χ2v) is 5.47. The van der Waals surface area contributed by atoms with E-state index >= 15 is 0 Å². The van der Waals surface area contributed by atoms with Gasteiger partial charge in [-0.05, 0) is 48.9 Å². The maximum absolute atomic E-state index is 12.4. The lowest BCUT2D eigenvalue weighted by atomic mass is 10.2. The summed E-state index contributed by atoms with van der Waals surface area (Å²) in [5.74, 6) is 0. The summed E-state index contributed by atoms with van der Waals surface area (Å²) in [6.07, 6.45) is -4.39. The number of anilines is 2. The Morgan fingerprint density at radius 3 is 2.09 bits per heavy atom. The number of rotatable bonds is 2. The monoisotopic (exact) mass is 372 g/mol. The van der Waals surface area contributed by atoms with Crippen molar-refractivity contribution >= 4 is 33.3 Å². The van der Waals surface area contributed by atoms with Gasteiger partial charge in [0.05, 0.1) is 5.56 Å². The van der Waals surface area contributed by atoms with Crippen LogP contribution in [0.1, 0.15) is 11.1 Å². The molecule has 2 aromatic rings. The van der Waals surface area contributed by atoms with Crippen LogP contribution in [-0.4, -0.2) is 6.03 Å². The Labute approximate surface area is 133 Å². The van der Waals surface area contributed by atoms with Crippen molar-refractivity contribution in [2.24, 2.45) is 0 Å². The van der Waals surface area contributed by atoms with E-state index in [-0.39, 0.29) is 5.69 Å². The molecule has 0 fully saturated rings. The quantitative estimate of drug-likeness (QED) is 0.725. The van der Waals surface area contributed by atoms with E-state index in [4.69, 9.17) is 0 Å². The van der Waals surface area contributed by atoms with E-state index in [0.717, 1.165) is 22.2 Å². The molecule has 2 N–H and O–H groups in total. The van der Waals surface area contributed by atoms with Crippen LogP contribution in [-0.2, 0) is 6.18 Å². The van der Waals surface area contributed by atoms with E-state index in [1.54, 1.807) is 12.1 Å². The zero-order valence-electron chi connectivity index (χ0n) is 11.5. The number of alkyl halides is 3. The average Bonchev–Trinajstić information content (AvgIpc) is 2.42. The van der Waals surface area contributed by atoms with Crippen molar-refractivity contribution in [1.82, 2.24) is 0 Å². The normalized spacial score (nSPS) is 11.1. The SMILES string of the molecule is Cc1ccc(NC(=O)Nc2ccc(C(F)(F)F)cc2)cc1Br. The first-order chi connectivity index (χ1) is 10.3. The third-order valence-corrected chi connectivity index (χ3v) is 3.75. The maximum atomic E-state index is 12.4. The van der Waals surface area contributed by atoms with Crippen LogP contribution in [0.3, 0.4) is 0 Å². The summed E-state index contributed by atoms with van der Waals surface area (Å²) in [5, 5.41) is 5.07. The first-order valence-electron chi connectivity index (χ1n) is 6.27. The highest BCUT2D eigenvalue weighted by molar-refractivity contribution is 9.10. The molecule has 0 heterocycles. The molecule has 2 rings (SSSR count). The highest BCUT2D eigenvalue weighted by Crippen LogP contribution is 2.29. The van der Waals surface area contributed by atoms with Gasteiger partial charge in [0, 0.05) is 15.8 Å². The van der Waals surface area contributed by atoms with E-state index in [1.165, 1.54) is 12.1 Å². The molecule has 0 radical (unpaired) electrons. The van der Waals surface area contributed by atoms with E-state index in [0.29, 0.717) is 5.69 Å². The fourth-order valence-electron chi connectivity index (χ4n) is 1.71. The molecule has 0 spiro atoms. The topological polar surface area (TPSA) is 41.1 Å². The number of amides is 2. The second-order valence-electron chi connectivity index (χ2n) is 4.62. The van der Waals surface area contributed by atoms with Crippen LogP contribution in [0.5, 0.6) is 0 Å². The van der Waals surface area contributed by atoms with Crippen molar-refractivity contribution in [3.8, 4) is 0 Å². The summed E-state index contributed by atoms with van der Waals surface area (Å²) in [4.78, 5) is 11.8. The number of halogens is 4. The molecule has 0 aliphatic rings. The molecule has 22 heavy (non-hydrogen) atoms. The van der Waals surface area contributed by atoms with Crippen LogP contribution in [0.2, 0.25) is 0 Å². The summed E-state index contributed by atoms with van der Waals surface area (Å²) >= 11 is 3.35. The molecule has 2 aromatic carbocycles. The van der Waals surface area contributed by atoms with Crippen molar-refractivity contribution in [1.29, 1.82) is 0 Å². The lowest BCUT2D eigenvalue weighted by molar-refractivity contribution is -0.137. The number of nitrogens with one attached hydrogen (secondary N) is 2. The molecule has 3 nitrogen and oxygen atoms in total.